The van der Waals surface area contributed by atoms with Gasteiger partial charge in [0, 0.05) is 26.4 Å². The number of nitrogens with one attached hydrogen (secondary N) is 2. The molecule has 21 heavy (non-hydrogen) atoms. The van der Waals surface area contributed by atoms with E-state index >= 15 is 0 Å². The SMILES string of the molecule is CCCCCNC(=NC)NCC(C)(C)CCS(C)(=O)=O.I. The predicted octanol–water partition coefficient (Wildman–Crippen LogP) is 2.42. The van der Waals surface area contributed by atoms with Gasteiger partial charge in [0.15, 0.2) is 5.96 Å². The molecule has 128 valence electrons. The van der Waals surface area contributed by atoms with Crippen molar-refractivity contribution in [1.29, 1.82) is 0 Å². The number of sulfone groups is 1. The fraction of sp³-hybridized carbons (Fsp3) is 0.929. The van der Waals surface area contributed by atoms with Crippen LogP contribution in [0.2, 0.25) is 0 Å². The molecule has 0 aliphatic carbocycles. The van der Waals surface area contributed by atoms with Gasteiger partial charge in [-0.05, 0) is 18.3 Å². The smallest absolute Gasteiger partial charge is 0.190 e. The van der Waals surface area contributed by atoms with Crippen molar-refractivity contribution in [2.45, 2.75) is 46.5 Å². The number of halogens is 1. The molecule has 0 fully saturated rings. The van der Waals surface area contributed by atoms with Crippen LogP contribution in [-0.4, -0.2) is 46.5 Å². The van der Waals surface area contributed by atoms with Crippen molar-refractivity contribution in [2.24, 2.45) is 10.4 Å². The van der Waals surface area contributed by atoms with E-state index in [4.69, 9.17) is 0 Å². The second-order valence-corrected chi connectivity index (χ2v) is 8.36. The summed E-state index contributed by atoms with van der Waals surface area (Å²) < 4.78 is 22.4. The average molecular weight is 433 g/mol. The lowest BCUT2D eigenvalue weighted by Gasteiger charge is -2.25. The predicted molar refractivity (Wildman–Crippen MR) is 102 cm³/mol. The molecule has 0 radical (unpaired) electrons. The number of guanidine groups is 1. The Morgan fingerprint density at radius 1 is 1.19 bits per heavy atom. The lowest BCUT2D eigenvalue weighted by molar-refractivity contribution is 0.348. The molecule has 0 unspecified atom stereocenters. The zero-order valence-electron chi connectivity index (χ0n) is 14.0. The zero-order chi connectivity index (χ0) is 15.6. The molecule has 5 nitrogen and oxygen atoms in total. The lowest BCUT2D eigenvalue weighted by Crippen LogP contribution is -2.42. The van der Waals surface area contributed by atoms with Crippen molar-refractivity contribution < 1.29 is 8.42 Å². The standard InChI is InChI=1S/C14H31N3O2S.HI/c1-6-7-8-10-16-13(15-4)17-12-14(2,3)9-11-20(5,18)19;/h6-12H2,1-5H3,(H2,15,16,17);1H. The number of rotatable bonds is 9. The maximum Gasteiger partial charge on any atom is 0.190 e. The van der Waals surface area contributed by atoms with Crippen LogP contribution in [-0.2, 0) is 9.84 Å². The zero-order valence-corrected chi connectivity index (χ0v) is 17.2. The highest BCUT2D eigenvalue weighted by Crippen LogP contribution is 2.19. The summed E-state index contributed by atoms with van der Waals surface area (Å²) in [5, 5.41) is 6.54. The molecular weight excluding hydrogens is 401 g/mol. The van der Waals surface area contributed by atoms with E-state index in [1.165, 1.54) is 19.1 Å². The van der Waals surface area contributed by atoms with Crippen molar-refractivity contribution in [3.05, 3.63) is 0 Å². The Kier molecular flexibility index (Phi) is 12.7. The van der Waals surface area contributed by atoms with Crippen LogP contribution in [0.5, 0.6) is 0 Å². The second kappa shape index (κ2) is 11.5. The van der Waals surface area contributed by atoms with E-state index in [-0.39, 0.29) is 35.1 Å². The number of aliphatic imine (C=N–C) groups is 1. The molecule has 0 aliphatic heterocycles. The number of hydrogen-bond acceptors (Lipinski definition) is 3. The Morgan fingerprint density at radius 2 is 1.81 bits per heavy atom. The third-order valence-corrected chi connectivity index (χ3v) is 4.13. The van der Waals surface area contributed by atoms with E-state index in [9.17, 15) is 8.42 Å². The molecule has 0 spiro atoms. The van der Waals surface area contributed by atoms with Crippen LogP contribution >= 0.6 is 24.0 Å². The Morgan fingerprint density at radius 3 is 2.29 bits per heavy atom. The van der Waals surface area contributed by atoms with Crippen molar-refractivity contribution in [2.75, 3.05) is 32.1 Å². The first kappa shape index (κ1) is 23.2. The van der Waals surface area contributed by atoms with Gasteiger partial charge in [0.05, 0.1) is 5.75 Å². The van der Waals surface area contributed by atoms with E-state index < -0.39 is 9.84 Å². The van der Waals surface area contributed by atoms with Gasteiger partial charge in [0.2, 0.25) is 0 Å². The minimum absolute atomic E-state index is 0. The fourth-order valence-electron chi connectivity index (χ4n) is 1.68. The van der Waals surface area contributed by atoms with E-state index in [1.807, 2.05) is 0 Å². The molecule has 0 aliphatic rings. The van der Waals surface area contributed by atoms with Gasteiger partial charge in [-0.25, -0.2) is 8.42 Å². The minimum atomic E-state index is -2.90. The highest BCUT2D eigenvalue weighted by atomic mass is 127. The van der Waals surface area contributed by atoms with Crippen molar-refractivity contribution >= 4 is 39.8 Å². The van der Waals surface area contributed by atoms with Gasteiger partial charge in [-0.15, -0.1) is 24.0 Å². The van der Waals surface area contributed by atoms with Crippen LogP contribution in [0.4, 0.5) is 0 Å². The molecule has 0 aromatic rings. The van der Waals surface area contributed by atoms with Crippen LogP contribution in [0.15, 0.2) is 4.99 Å². The van der Waals surface area contributed by atoms with Gasteiger partial charge < -0.3 is 10.6 Å². The minimum Gasteiger partial charge on any atom is -0.356 e. The molecule has 0 aromatic heterocycles. The van der Waals surface area contributed by atoms with Crippen molar-refractivity contribution in [1.82, 2.24) is 10.6 Å². The summed E-state index contributed by atoms with van der Waals surface area (Å²) in [7, 11) is -1.15. The highest BCUT2D eigenvalue weighted by Gasteiger charge is 2.20. The van der Waals surface area contributed by atoms with Gasteiger partial charge in [-0.2, -0.15) is 0 Å². The summed E-state index contributed by atoms with van der Waals surface area (Å²) >= 11 is 0. The van der Waals surface area contributed by atoms with Crippen LogP contribution in [0.3, 0.4) is 0 Å². The number of hydrogen-bond donors (Lipinski definition) is 2. The van der Waals surface area contributed by atoms with Crippen LogP contribution in [0.1, 0.15) is 46.5 Å². The summed E-state index contributed by atoms with van der Waals surface area (Å²) in [4.78, 5) is 4.17. The van der Waals surface area contributed by atoms with Crippen LogP contribution in [0.25, 0.3) is 0 Å². The Labute approximate surface area is 147 Å². The molecule has 0 saturated carbocycles. The normalized spacial score (nSPS) is 12.7. The third kappa shape index (κ3) is 14.6. The molecule has 0 bridgehead atoms. The number of nitrogens with zero attached hydrogens (tertiary/aromatic N) is 1. The van der Waals surface area contributed by atoms with Gasteiger partial charge in [0.1, 0.15) is 9.84 Å². The summed E-state index contributed by atoms with van der Waals surface area (Å²) in [5.41, 5.74) is -0.0792. The highest BCUT2D eigenvalue weighted by molar-refractivity contribution is 14.0. The monoisotopic (exact) mass is 433 g/mol. The van der Waals surface area contributed by atoms with E-state index in [2.05, 4.69) is 36.4 Å². The first-order valence-corrected chi connectivity index (χ1v) is 9.38. The topological polar surface area (TPSA) is 70.6 Å². The molecule has 0 atom stereocenters. The molecule has 0 aromatic carbocycles. The maximum atomic E-state index is 11.2. The summed E-state index contributed by atoms with van der Waals surface area (Å²) in [6.07, 6.45) is 5.47. The second-order valence-electron chi connectivity index (χ2n) is 6.10. The largest absolute Gasteiger partial charge is 0.356 e. The number of unbranched alkanes of at least 4 members (excludes halogenated alkanes) is 2. The van der Waals surface area contributed by atoms with E-state index in [1.54, 1.807) is 7.05 Å². The first-order chi connectivity index (χ1) is 9.20. The maximum absolute atomic E-state index is 11.2. The summed E-state index contributed by atoms with van der Waals surface area (Å²) in [5.74, 6) is 1.01. The third-order valence-electron chi connectivity index (χ3n) is 3.18. The first-order valence-electron chi connectivity index (χ1n) is 7.32. The van der Waals surface area contributed by atoms with Gasteiger partial charge in [-0.1, -0.05) is 33.6 Å². The molecule has 0 heterocycles. The Balaban J connectivity index is 0. The van der Waals surface area contributed by atoms with Gasteiger partial charge in [-0.3, -0.25) is 4.99 Å². The van der Waals surface area contributed by atoms with Crippen LogP contribution < -0.4 is 10.6 Å². The summed E-state index contributed by atoms with van der Waals surface area (Å²) in [6.45, 7) is 7.93. The quantitative estimate of drug-likeness (QED) is 0.254. The van der Waals surface area contributed by atoms with Crippen molar-refractivity contribution in [3.8, 4) is 0 Å². The molecular formula is C14H32IN3O2S. The molecule has 0 amide bonds. The van der Waals surface area contributed by atoms with Crippen LogP contribution in [0, 0.1) is 5.41 Å². The van der Waals surface area contributed by atoms with Gasteiger partial charge >= 0.3 is 0 Å². The van der Waals surface area contributed by atoms with Gasteiger partial charge in [0.25, 0.3) is 0 Å². The summed E-state index contributed by atoms with van der Waals surface area (Å²) in [6, 6.07) is 0. The molecule has 2 N–H and O–H groups in total. The molecule has 0 saturated heterocycles. The Hall–Kier alpha value is -0.0500. The fourth-order valence-corrected chi connectivity index (χ4v) is 2.60. The van der Waals surface area contributed by atoms with E-state index in [0.29, 0.717) is 13.0 Å². The van der Waals surface area contributed by atoms with Crippen molar-refractivity contribution in [3.63, 3.8) is 0 Å². The van der Waals surface area contributed by atoms with E-state index in [0.717, 1.165) is 18.9 Å². The lowest BCUT2D eigenvalue weighted by atomic mass is 9.90. The molecule has 7 heteroatoms. The Bertz CT molecular complexity index is 395. The average Bonchev–Trinajstić information content (AvgIpc) is 2.35. The molecule has 0 rings (SSSR count).